The van der Waals surface area contributed by atoms with Gasteiger partial charge in [-0.25, -0.2) is 4.79 Å². The van der Waals surface area contributed by atoms with Crippen molar-refractivity contribution in [3.63, 3.8) is 0 Å². The van der Waals surface area contributed by atoms with Crippen LogP contribution in [-0.4, -0.2) is 113 Å². The van der Waals surface area contributed by atoms with Crippen molar-refractivity contribution < 1.29 is 54.1 Å². The molecule has 7 N–H and O–H groups in total. The number of carbonyl (C=O) groups is 3. The van der Waals surface area contributed by atoms with Crippen LogP contribution in [0, 0.1) is 0 Å². The largest absolute Gasteiger partial charge is 0.477 e. The van der Waals surface area contributed by atoms with Gasteiger partial charge in [-0.15, -0.1) is 0 Å². The Labute approximate surface area is 197 Å². The van der Waals surface area contributed by atoms with Crippen LogP contribution in [0.25, 0.3) is 0 Å². The van der Waals surface area contributed by atoms with E-state index >= 15 is 0 Å². The van der Waals surface area contributed by atoms with E-state index < -0.39 is 61.1 Å². The number of nitrogens with one attached hydrogen (secondary N) is 2. The zero-order chi connectivity index (χ0) is 25.7. The molecule has 1 unspecified atom stereocenters. The molecule has 0 saturated carbocycles. The number of aliphatic hydroxyl groups excluding tert-OH is 4. The minimum Gasteiger partial charge on any atom is -0.477 e. The third-order valence-electron chi connectivity index (χ3n) is 5.15. The standard InChI is InChI=1S/C21H36N2O11/c1-3-16(28)22-7-6-9-32-8-4-5-10-33-21(20(30)31)11-14(26)17(23-13(2)25)19(34-21)18(29)15(27)12-24/h3,14-15,17-19,24,26-27,29H,1,4-12H2,2H3,(H,22,28)(H,23,25)(H,30,31)/t14-,15+,17?,18+,19+,21+/m0/s1. The smallest absolute Gasteiger partial charge is 0.364 e. The molecule has 34 heavy (non-hydrogen) atoms. The number of rotatable bonds is 16. The van der Waals surface area contributed by atoms with Crippen molar-refractivity contribution in [3.05, 3.63) is 12.7 Å². The summed E-state index contributed by atoms with van der Waals surface area (Å²) in [6.07, 6.45) is -4.41. The lowest BCUT2D eigenvalue weighted by atomic mass is 9.88. The summed E-state index contributed by atoms with van der Waals surface area (Å²) >= 11 is 0. The molecular weight excluding hydrogens is 456 g/mol. The molecule has 1 heterocycles. The van der Waals surface area contributed by atoms with Crippen molar-refractivity contribution in [1.82, 2.24) is 10.6 Å². The molecule has 0 bridgehead atoms. The number of aliphatic hydroxyl groups is 4. The molecule has 6 atom stereocenters. The number of ether oxygens (including phenoxy) is 3. The van der Waals surface area contributed by atoms with Crippen LogP contribution in [0.5, 0.6) is 0 Å². The maximum atomic E-state index is 12.0. The molecule has 0 radical (unpaired) electrons. The van der Waals surface area contributed by atoms with Crippen molar-refractivity contribution in [2.45, 2.75) is 68.9 Å². The van der Waals surface area contributed by atoms with Crippen LogP contribution in [0.2, 0.25) is 0 Å². The van der Waals surface area contributed by atoms with E-state index in [0.717, 1.165) is 6.92 Å². The maximum Gasteiger partial charge on any atom is 0.364 e. The number of carboxylic acids is 1. The Bertz CT molecular complexity index is 677. The molecule has 0 aliphatic carbocycles. The van der Waals surface area contributed by atoms with Crippen LogP contribution >= 0.6 is 0 Å². The molecule has 1 saturated heterocycles. The fraction of sp³-hybridized carbons (Fsp3) is 0.762. The van der Waals surface area contributed by atoms with Gasteiger partial charge in [-0.05, 0) is 25.3 Å². The van der Waals surface area contributed by atoms with Crippen LogP contribution < -0.4 is 10.6 Å². The highest BCUT2D eigenvalue weighted by Crippen LogP contribution is 2.33. The van der Waals surface area contributed by atoms with Gasteiger partial charge in [0.1, 0.15) is 18.3 Å². The number of hydrogen-bond acceptors (Lipinski definition) is 10. The maximum absolute atomic E-state index is 12.0. The molecule has 0 spiro atoms. The topological polar surface area (TPSA) is 204 Å². The molecule has 0 aromatic heterocycles. The summed E-state index contributed by atoms with van der Waals surface area (Å²) in [4.78, 5) is 34.5. The molecular formula is C21H36N2O11. The average molecular weight is 493 g/mol. The van der Waals surface area contributed by atoms with Crippen LogP contribution in [-0.2, 0) is 28.6 Å². The van der Waals surface area contributed by atoms with E-state index in [9.17, 15) is 34.8 Å². The summed E-state index contributed by atoms with van der Waals surface area (Å²) in [7, 11) is 0. The molecule has 1 rings (SSSR count). The molecule has 1 aliphatic rings. The van der Waals surface area contributed by atoms with Gasteiger partial charge in [-0.2, -0.15) is 0 Å². The Kier molecular flexibility index (Phi) is 13.2. The van der Waals surface area contributed by atoms with Crippen molar-refractivity contribution >= 4 is 17.8 Å². The SMILES string of the molecule is C=CC(=O)NCCCOCCCCO[C@]1(C(=O)O)C[C@H](O)C(NC(C)=O)[C@H]([C@H](O)[C@H](O)CO)O1. The lowest BCUT2D eigenvalue weighted by Gasteiger charge is -2.46. The third kappa shape index (κ3) is 9.25. The zero-order valence-corrected chi connectivity index (χ0v) is 19.2. The van der Waals surface area contributed by atoms with Gasteiger partial charge >= 0.3 is 5.97 Å². The number of carboxylic acid groups (broad SMARTS) is 1. The van der Waals surface area contributed by atoms with Gasteiger partial charge in [0.05, 0.1) is 25.4 Å². The molecule has 196 valence electrons. The Morgan fingerprint density at radius 3 is 2.44 bits per heavy atom. The van der Waals surface area contributed by atoms with E-state index in [2.05, 4.69) is 17.2 Å². The van der Waals surface area contributed by atoms with Crippen LogP contribution in [0.1, 0.15) is 32.6 Å². The lowest BCUT2D eigenvalue weighted by molar-refractivity contribution is -0.311. The van der Waals surface area contributed by atoms with Crippen molar-refractivity contribution in [1.29, 1.82) is 0 Å². The second-order valence-electron chi connectivity index (χ2n) is 7.90. The van der Waals surface area contributed by atoms with Gasteiger partial charge < -0.3 is 50.4 Å². The van der Waals surface area contributed by atoms with Gasteiger partial charge in [-0.1, -0.05) is 6.58 Å². The summed E-state index contributed by atoms with van der Waals surface area (Å²) < 4.78 is 16.4. The Balaban J connectivity index is 2.61. The quantitative estimate of drug-likeness (QED) is 0.0896. The number of hydrogen-bond donors (Lipinski definition) is 7. The monoisotopic (exact) mass is 492 g/mol. The van der Waals surface area contributed by atoms with E-state index in [1.807, 2.05) is 0 Å². The van der Waals surface area contributed by atoms with E-state index in [1.165, 1.54) is 6.08 Å². The molecule has 13 heteroatoms. The summed E-state index contributed by atoms with van der Waals surface area (Å²) in [5.41, 5.74) is 0. The number of unbranched alkanes of at least 4 members (excludes halogenated alkanes) is 1. The minimum atomic E-state index is -2.33. The average Bonchev–Trinajstić information content (AvgIpc) is 2.80. The van der Waals surface area contributed by atoms with E-state index in [1.54, 1.807) is 0 Å². The lowest BCUT2D eigenvalue weighted by Crippen LogP contribution is -2.67. The summed E-state index contributed by atoms with van der Waals surface area (Å²) in [5.74, 6) is -4.72. The first kappa shape index (κ1) is 29.9. The van der Waals surface area contributed by atoms with Gasteiger partial charge in [0.2, 0.25) is 11.8 Å². The van der Waals surface area contributed by atoms with Gasteiger partial charge in [0, 0.05) is 33.1 Å². The Morgan fingerprint density at radius 2 is 1.85 bits per heavy atom. The van der Waals surface area contributed by atoms with E-state index in [0.29, 0.717) is 39.0 Å². The van der Waals surface area contributed by atoms with Gasteiger partial charge in [0.15, 0.2) is 0 Å². The Morgan fingerprint density at radius 1 is 1.21 bits per heavy atom. The van der Waals surface area contributed by atoms with Crippen LogP contribution in [0.15, 0.2) is 12.7 Å². The second-order valence-corrected chi connectivity index (χ2v) is 7.90. The first-order valence-electron chi connectivity index (χ1n) is 11.0. The number of aliphatic carboxylic acids is 1. The summed E-state index contributed by atoms with van der Waals surface area (Å²) in [5, 5.41) is 54.6. The zero-order valence-electron chi connectivity index (χ0n) is 19.2. The predicted molar refractivity (Wildman–Crippen MR) is 116 cm³/mol. The minimum absolute atomic E-state index is 0.0755. The normalized spacial score (nSPS) is 26.3. The summed E-state index contributed by atoms with van der Waals surface area (Å²) in [6.45, 7) is 4.82. The van der Waals surface area contributed by atoms with Gasteiger partial charge in [-0.3, -0.25) is 9.59 Å². The number of amides is 2. The van der Waals surface area contributed by atoms with Crippen molar-refractivity contribution in [2.24, 2.45) is 0 Å². The van der Waals surface area contributed by atoms with Gasteiger partial charge in [0.25, 0.3) is 5.79 Å². The molecule has 2 amide bonds. The first-order valence-corrected chi connectivity index (χ1v) is 11.0. The number of carbonyl (C=O) groups excluding carboxylic acids is 2. The second kappa shape index (κ2) is 15.0. The van der Waals surface area contributed by atoms with E-state index in [-0.39, 0.29) is 12.5 Å². The fourth-order valence-corrected chi connectivity index (χ4v) is 3.38. The molecule has 13 nitrogen and oxygen atoms in total. The molecule has 0 aromatic rings. The van der Waals surface area contributed by atoms with Crippen LogP contribution in [0.3, 0.4) is 0 Å². The predicted octanol–water partition coefficient (Wildman–Crippen LogP) is -2.36. The molecule has 1 fully saturated rings. The highest BCUT2D eigenvalue weighted by Gasteiger charge is 2.55. The molecule has 1 aliphatic heterocycles. The van der Waals surface area contributed by atoms with Crippen LogP contribution in [0.4, 0.5) is 0 Å². The summed E-state index contributed by atoms with van der Waals surface area (Å²) in [6, 6.07) is -1.24. The fourth-order valence-electron chi connectivity index (χ4n) is 3.38. The molecule has 0 aromatic carbocycles. The third-order valence-corrected chi connectivity index (χ3v) is 5.15. The Hall–Kier alpha value is -2.13. The van der Waals surface area contributed by atoms with E-state index in [4.69, 9.17) is 19.3 Å². The highest BCUT2D eigenvalue weighted by molar-refractivity contribution is 5.86. The first-order chi connectivity index (χ1) is 16.1. The van der Waals surface area contributed by atoms with Crippen molar-refractivity contribution in [2.75, 3.05) is 33.0 Å². The highest BCUT2D eigenvalue weighted by atomic mass is 16.7. The van der Waals surface area contributed by atoms with Crippen molar-refractivity contribution in [3.8, 4) is 0 Å².